The fraction of sp³-hybridized carbons (Fsp3) is 0.579. The second-order valence-electron chi connectivity index (χ2n) is 7.15. The van der Waals surface area contributed by atoms with Crippen molar-refractivity contribution < 1.29 is 0 Å². The van der Waals surface area contributed by atoms with Crippen molar-refractivity contribution >= 4 is 5.57 Å². The molecule has 0 aromatic heterocycles. The van der Waals surface area contributed by atoms with E-state index in [1.807, 2.05) is 0 Å². The van der Waals surface area contributed by atoms with Gasteiger partial charge in [-0.25, -0.2) is 0 Å². The number of rotatable bonds is 6. The molecule has 0 aliphatic heterocycles. The average Bonchev–Trinajstić information content (AvgIpc) is 2.32. The number of hydrogen-bond acceptors (Lipinski definition) is 1. The number of nitrogens with one attached hydrogen (secondary N) is 1. The van der Waals surface area contributed by atoms with Crippen LogP contribution in [0.3, 0.4) is 0 Å². The smallest absolute Gasteiger partial charge is 0.00966 e. The Morgan fingerprint density at radius 1 is 1.25 bits per heavy atom. The van der Waals surface area contributed by atoms with Crippen molar-refractivity contribution in [1.82, 2.24) is 5.32 Å². The van der Waals surface area contributed by atoms with Gasteiger partial charge in [-0.2, -0.15) is 0 Å². The van der Waals surface area contributed by atoms with Gasteiger partial charge in [0, 0.05) is 5.54 Å². The standard InChI is InChI=1S/C19H31N/c1-15(2)13-17-10-7-11-18(14-17)16(3)9-8-12-20-19(4,5)6/h7,9-11,14-15,20H,8,12-13H2,1-6H3/b16-9+. The first-order valence-corrected chi connectivity index (χ1v) is 7.79. The minimum absolute atomic E-state index is 0.207. The van der Waals surface area contributed by atoms with Gasteiger partial charge >= 0.3 is 0 Å². The molecule has 0 saturated heterocycles. The van der Waals surface area contributed by atoms with E-state index in [0.29, 0.717) is 5.92 Å². The summed E-state index contributed by atoms with van der Waals surface area (Å²) < 4.78 is 0. The molecule has 0 unspecified atom stereocenters. The highest BCUT2D eigenvalue weighted by molar-refractivity contribution is 5.64. The van der Waals surface area contributed by atoms with E-state index in [1.54, 1.807) is 0 Å². The van der Waals surface area contributed by atoms with E-state index >= 15 is 0 Å². The van der Waals surface area contributed by atoms with Gasteiger partial charge in [-0.1, -0.05) is 44.2 Å². The van der Waals surface area contributed by atoms with Crippen LogP contribution in [0.2, 0.25) is 0 Å². The summed E-state index contributed by atoms with van der Waals surface area (Å²) in [5, 5.41) is 3.52. The zero-order chi connectivity index (χ0) is 15.2. The molecule has 0 heterocycles. The van der Waals surface area contributed by atoms with E-state index in [9.17, 15) is 0 Å². The lowest BCUT2D eigenvalue weighted by molar-refractivity contribution is 0.431. The maximum Gasteiger partial charge on any atom is 0.00966 e. The molecule has 1 nitrogen and oxygen atoms in total. The van der Waals surface area contributed by atoms with Crippen molar-refractivity contribution in [2.75, 3.05) is 6.54 Å². The first-order valence-electron chi connectivity index (χ1n) is 7.79. The predicted molar refractivity (Wildman–Crippen MR) is 91.0 cm³/mol. The fourth-order valence-electron chi connectivity index (χ4n) is 2.27. The van der Waals surface area contributed by atoms with Gasteiger partial charge in [0.05, 0.1) is 0 Å². The lowest BCUT2D eigenvalue weighted by Crippen LogP contribution is -2.36. The molecule has 0 saturated carbocycles. The third-order valence-corrected chi connectivity index (χ3v) is 3.28. The van der Waals surface area contributed by atoms with Crippen LogP contribution in [0.25, 0.3) is 5.57 Å². The highest BCUT2D eigenvalue weighted by Gasteiger charge is 2.06. The van der Waals surface area contributed by atoms with Crippen molar-refractivity contribution in [3.05, 3.63) is 41.5 Å². The van der Waals surface area contributed by atoms with Gasteiger partial charge in [0.15, 0.2) is 0 Å². The summed E-state index contributed by atoms with van der Waals surface area (Å²) in [5.74, 6) is 0.713. The summed E-state index contributed by atoms with van der Waals surface area (Å²) in [7, 11) is 0. The van der Waals surface area contributed by atoms with E-state index in [-0.39, 0.29) is 5.54 Å². The van der Waals surface area contributed by atoms with Crippen molar-refractivity contribution in [2.24, 2.45) is 5.92 Å². The third-order valence-electron chi connectivity index (χ3n) is 3.28. The quantitative estimate of drug-likeness (QED) is 0.714. The molecule has 112 valence electrons. The predicted octanol–water partition coefficient (Wildman–Crippen LogP) is 5.07. The Balaban J connectivity index is 2.60. The number of allylic oxidation sites excluding steroid dienone is 1. The van der Waals surface area contributed by atoms with Gasteiger partial charge in [0.25, 0.3) is 0 Å². The lowest BCUT2D eigenvalue weighted by Gasteiger charge is -2.19. The van der Waals surface area contributed by atoms with E-state index in [1.165, 1.54) is 16.7 Å². The molecular weight excluding hydrogens is 242 g/mol. The van der Waals surface area contributed by atoms with Crippen LogP contribution in [0, 0.1) is 5.92 Å². The summed E-state index contributed by atoms with van der Waals surface area (Å²) >= 11 is 0. The second kappa shape index (κ2) is 7.64. The average molecular weight is 273 g/mol. The Hall–Kier alpha value is -1.08. The summed E-state index contributed by atoms with van der Waals surface area (Å²) in [4.78, 5) is 0. The molecule has 0 amide bonds. The van der Waals surface area contributed by atoms with Gasteiger partial charge in [0.1, 0.15) is 0 Å². The van der Waals surface area contributed by atoms with Crippen molar-refractivity contribution in [1.29, 1.82) is 0 Å². The molecule has 1 aromatic carbocycles. The van der Waals surface area contributed by atoms with Crippen LogP contribution in [0.5, 0.6) is 0 Å². The molecule has 1 aromatic rings. The largest absolute Gasteiger partial charge is 0.312 e. The van der Waals surface area contributed by atoms with E-state index in [4.69, 9.17) is 0 Å². The van der Waals surface area contributed by atoms with Crippen molar-refractivity contribution in [3.63, 3.8) is 0 Å². The van der Waals surface area contributed by atoms with Gasteiger partial charge in [-0.05, 0) is 69.7 Å². The molecule has 0 radical (unpaired) electrons. The van der Waals surface area contributed by atoms with E-state index < -0.39 is 0 Å². The molecule has 0 aliphatic carbocycles. The third kappa shape index (κ3) is 6.91. The van der Waals surface area contributed by atoms with E-state index in [2.05, 4.69) is 77.2 Å². The Kier molecular flexibility index (Phi) is 6.48. The van der Waals surface area contributed by atoms with Gasteiger partial charge < -0.3 is 5.32 Å². The Morgan fingerprint density at radius 3 is 2.55 bits per heavy atom. The van der Waals surface area contributed by atoms with Crippen molar-refractivity contribution in [2.45, 2.75) is 59.9 Å². The normalized spacial score (nSPS) is 13.1. The van der Waals surface area contributed by atoms with Crippen LogP contribution in [0.4, 0.5) is 0 Å². The molecular formula is C19H31N. The van der Waals surface area contributed by atoms with Crippen LogP contribution in [0.15, 0.2) is 30.3 Å². The number of hydrogen-bond donors (Lipinski definition) is 1. The highest BCUT2D eigenvalue weighted by Crippen LogP contribution is 2.18. The molecule has 0 fully saturated rings. The summed E-state index contributed by atoms with van der Waals surface area (Å²) in [6.07, 6.45) is 4.58. The topological polar surface area (TPSA) is 12.0 Å². The van der Waals surface area contributed by atoms with Gasteiger partial charge in [-0.3, -0.25) is 0 Å². The number of benzene rings is 1. The van der Waals surface area contributed by atoms with Crippen LogP contribution in [-0.2, 0) is 6.42 Å². The van der Waals surface area contributed by atoms with Crippen molar-refractivity contribution in [3.8, 4) is 0 Å². The maximum absolute atomic E-state index is 3.52. The molecule has 0 bridgehead atoms. The molecule has 0 spiro atoms. The Labute approximate surface area is 125 Å². The zero-order valence-corrected chi connectivity index (χ0v) is 14.1. The lowest BCUT2D eigenvalue weighted by atomic mass is 9.98. The highest BCUT2D eigenvalue weighted by atomic mass is 14.9. The summed E-state index contributed by atoms with van der Waals surface area (Å²) in [6, 6.07) is 8.96. The molecule has 20 heavy (non-hydrogen) atoms. The summed E-state index contributed by atoms with van der Waals surface area (Å²) in [6.45, 7) is 14.4. The second-order valence-corrected chi connectivity index (χ2v) is 7.15. The van der Waals surface area contributed by atoms with Crippen LogP contribution in [0.1, 0.15) is 59.1 Å². The minimum atomic E-state index is 0.207. The maximum atomic E-state index is 3.52. The monoisotopic (exact) mass is 273 g/mol. The minimum Gasteiger partial charge on any atom is -0.312 e. The fourth-order valence-corrected chi connectivity index (χ4v) is 2.27. The molecule has 1 N–H and O–H groups in total. The molecule has 1 heteroatoms. The van der Waals surface area contributed by atoms with Crippen LogP contribution >= 0.6 is 0 Å². The SMILES string of the molecule is C/C(=C\CCNC(C)(C)C)c1cccc(CC(C)C)c1. The molecule has 0 aliphatic rings. The first kappa shape index (κ1) is 17.0. The van der Waals surface area contributed by atoms with Gasteiger partial charge in [-0.15, -0.1) is 0 Å². The van der Waals surface area contributed by atoms with Crippen LogP contribution < -0.4 is 5.32 Å². The molecule has 0 atom stereocenters. The first-order chi connectivity index (χ1) is 9.28. The Morgan fingerprint density at radius 2 is 1.95 bits per heavy atom. The Bertz CT molecular complexity index is 435. The summed E-state index contributed by atoms with van der Waals surface area (Å²) in [5.41, 5.74) is 4.39. The van der Waals surface area contributed by atoms with Gasteiger partial charge in [0.2, 0.25) is 0 Å². The zero-order valence-electron chi connectivity index (χ0n) is 14.1. The van der Waals surface area contributed by atoms with E-state index in [0.717, 1.165) is 19.4 Å². The molecule has 1 rings (SSSR count). The van der Waals surface area contributed by atoms with Crippen LogP contribution in [-0.4, -0.2) is 12.1 Å².